The van der Waals surface area contributed by atoms with E-state index in [0.29, 0.717) is 60.2 Å². The highest BCUT2D eigenvalue weighted by Gasteiger charge is 2.47. The van der Waals surface area contributed by atoms with Gasteiger partial charge in [-0.2, -0.15) is 0 Å². The maximum absolute atomic E-state index is 16.5. The smallest absolute Gasteiger partial charge is 0.237 e. The van der Waals surface area contributed by atoms with E-state index in [9.17, 15) is 9.59 Å². The van der Waals surface area contributed by atoms with Crippen molar-refractivity contribution in [3.05, 3.63) is 76.9 Å². The van der Waals surface area contributed by atoms with E-state index in [1.165, 1.54) is 5.56 Å². The molecular formula is C39H42FN7O4. The van der Waals surface area contributed by atoms with Crippen molar-refractivity contribution in [2.24, 2.45) is 0 Å². The lowest BCUT2D eigenvalue weighted by atomic mass is 9.88. The zero-order chi connectivity index (χ0) is 35.3. The van der Waals surface area contributed by atoms with Gasteiger partial charge in [-0.3, -0.25) is 19.5 Å². The number of nitrogens with one attached hydrogen (secondary N) is 3. The van der Waals surface area contributed by atoms with E-state index < -0.39 is 5.82 Å². The Labute approximate surface area is 296 Å². The van der Waals surface area contributed by atoms with E-state index in [2.05, 4.69) is 36.9 Å². The van der Waals surface area contributed by atoms with Gasteiger partial charge in [0.2, 0.25) is 23.6 Å². The number of rotatable bonds is 10. The molecule has 3 saturated heterocycles. The van der Waals surface area contributed by atoms with Gasteiger partial charge in [0.25, 0.3) is 0 Å². The molecule has 3 aliphatic heterocycles. The number of carbonyl (C=O) groups is 2. The van der Waals surface area contributed by atoms with E-state index >= 15 is 4.39 Å². The topological polar surface area (TPSA) is 131 Å². The second-order valence-corrected chi connectivity index (χ2v) is 14.2. The lowest BCUT2D eigenvalue weighted by molar-refractivity contribution is -0.121. The molecule has 0 saturated carbocycles. The van der Waals surface area contributed by atoms with Crippen LogP contribution in [0.5, 0.6) is 11.8 Å². The van der Waals surface area contributed by atoms with Gasteiger partial charge in [0.1, 0.15) is 11.5 Å². The molecule has 0 bridgehead atoms. The molecule has 8 rings (SSSR count). The van der Waals surface area contributed by atoms with Gasteiger partial charge in [-0.05, 0) is 61.4 Å². The van der Waals surface area contributed by atoms with E-state index in [1.807, 2.05) is 31.2 Å². The first-order valence-corrected chi connectivity index (χ1v) is 17.7. The minimum absolute atomic E-state index is 0.0954. The summed E-state index contributed by atoms with van der Waals surface area (Å²) in [7, 11) is 3.19. The molecular weight excluding hydrogens is 649 g/mol. The Morgan fingerprint density at radius 3 is 2.39 bits per heavy atom. The number of ether oxygens (including phenoxy) is 2. The summed E-state index contributed by atoms with van der Waals surface area (Å²) in [6.45, 7) is 4.74. The maximum atomic E-state index is 16.5. The lowest BCUT2D eigenvalue weighted by Crippen LogP contribution is -2.66. The third kappa shape index (κ3) is 6.20. The molecule has 11 nitrogen and oxygen atoms in total. The van der Waals surface area contributed by atoms with Gasteiger partial charge in [-0.25, -0.2) is 14.4 Å². The molecule has 1 aliphatic carbocycles. The quantitative estimate of drug-likeness (QED) is 0.218. The third-order valence-electron chi connectivity index (χ3n) is 10.9. The van der Waals surface area contributed by atoms with Crippen LogP contribution in [0.4, 0.5) is 4.39 Å². The summed E-state index contributed by atoms with van der Waals surface area (Å²) in [4.78, 5) is 39.9. The molecule has 2 unspecified atom stereocenters. The van der Waals surface area contributed by atoms with Crippen molar-refractivity contribution in [2.45, 2.75) is 69.6 Å². The fourth-order valence-corrected chi connectivity index (χ4v) is 8.30. The molecule has 2 amide bonds. The number of hydrogen-bond acceptors (Lipinski definition) is 9. The molecule has 12 heteroatoms. The van der Waals surface area contributed by atoms with Gasteiger partial charge >= 0.3 is 0 Å². The van der Waals surface area contributed by atoms with Crippen molar-refractivity contribution in [2.75, 3.05) is 33.9 Å². The minimum atomic E-state index is -0.393. The molecule has 2 aromatic carbocycles. The average molecular weight is 692 g/mol. The summed E-state index contributed by atoms with van der Waals surface area (Å²) < 4.78 is 28.0. The highest BCUT2D eigenvalue weighted by molar-refractivity contribution is 5.81. The number of methoxy groups -OCH3 is 2. The molecule has 4 aromatic rings. The SMILES string of the molecule is COc1nc(-c2cccc(-c3cccc(-c4cc5c(c(OC)n4)C(NCC4CCC(=O)N4)CC5)c3C)c2F)cnc1CN1CC2(CCC(=O)N2)C1. The van der Waals surface area contributed by atoms with Crippen molar-refractivity contribution in [1.29, 1.82) is 0 Å². The number of aromatic nitrogens is 3. The van der Waals surface area contributed by atoms with E-state index in [1.54, 1.807) is 32.5 Å². The van der Waals surface area contributed by atoms with Crippen molar-refractivity contribution in [3.8, 4) is 45.4 Å². The van der Waals surface area contributed by atoms with Crippen molar-refractivity contribution in [1.82, 2.24) is 35.8 Å². The van der Waals surface area contributed by atoms with Crippen LogP contribution in [0.25, 0.3) is 33.6 Å². The molecule has 0 radical (unpaired) electrons. The highest BCUT2D eigenvalue weighted by Crippen LogP contribution is 2.42. The molecule has 2 atom stereocenters. The number of benzene rings is 2. The number of nitrogens with zero attached hydrogens (tertiary/aromatic N) is 4. The van der Waals surface area contributed by atoms with E-state index in [4.69, 9.17) is 14.5 Å². The molecule has 3 N–H and O–H groups in total. The van der Waals surface area contributed by atoms with Gasteiger partial charge in [0.05, 0.1) is 37.3 Å². The Balaban J connectivity index is 1.04. The Morgan fingerprint density at radius 2 is 1.67 bits per heavy atom. The largest absolute Gasteiger partial charge is 0.481 e. The van der Waals surface area contributed by atoms with Crippen LogP contribution in [0.2, 0.25) is 0 Å². The molecule has 51 heavy (non-hydrogen) atoms. The standard InChI is InChI=1S/C39H42FN7O4/c1-22-25(6-4-7-26(22)30-16-23-10-12-29(35(23)38(44-30)51-3)41-17-24-11-13-33(48)43-24)27-8-5-9-28(36(27)40)31-18-42-32(37(45-31)50-2)19-47-20-39(21-47)15-14-34(49)46-39/h4-9,16,18,24,29,41H,10-15,17,19-21H2,1-3H3,(H,43,48)(H,46,49). The van der Waals surface area contributed by atoms with Crippen molar-refractivity contribution >= 4 is 11.8 Å². The second-order valence-electron chi connectivity index (χ2n) is 14.2. The third-order valence-corrected chi connectivity index (χ3v) is 10.9. The van der Waals surface area contributed by atoms with Gasteiger partial charge in [-0.15, -0.1) is 0 Å². The van der Waals surface area contributed by atoms with Crippen molar-refractivity contribution < 1.29 is 23.5 Å². The molecule has 5 heterocycles. The Bertz CT molecular complexity index is 2030. The first kappa shape index (κ1) is 33.2. The maximum Gasteiger partial charge on any atom is 0.237 e. The number of pyridine rings is 1. The summed E-state index contributed by atoms with van der Waals surface area (Å²) in [6.07, 6.45) is 6.24. The molecule has 4 aliphatic rings. The number of hydrogen-bond donors (Lipinski definition) is 3. The number of likely N-dealkylation sites (tertiary alicyclic amines) is 1. The van der Waals surface area contributed by atoms with Crippen LogP contribution in [0, 0.1) is 12.7 Å². The summed E-state index contributed by atoms with van der Waals surface area (Å²) in [5, 5.41) is 9.76. The second kappa shape index (κ2) is 13.3. The molecule has 3 fully saturated rings. The first-order valence-electron chi connectivity index (χ1n) is 17.7. The summed E-state index contributed by atoms with van der Waals surface area (Å²) in [6, 6.07) is 13.6. The summed E-state index contributed by atoms with van der Waals surface area (Å²) in [5.74, 6) is 0.764. The van der Waals surface area contributed by atoms with Gasteiger partial charge in [0, 0.05) is 73.4 Å². The fraction of sp³-hybridized carbons (Fsp3) is 0.410. The van der Waals surface area contributed by atoms with Crippen LogP contribution in [0.15, 0.2) is 48.7 Å². The monoisotopic (exact) mass is 691 g/mol. The number of fused-ring (bicyclic) bond motifs is 1. The van der Waals surface area contributed by atoms with Crippen LogP contribution >= 0.6 is 0 Å². The zero-order valence-corrected chi connectivity index (χ0v) is 29.1. The van der Waals surface area contributed by atoms with Crippen LogP contribution in [-0.4, -0.2) is 77.1 Å². The number of amides is 2. The van der Waals surface area contributed by atoms with Crippen LogP contribution in [0.1, 0.15) is 60.5 Å². The van der Waals surface area contributed by atoms with Gasteiger partial charge < -0.3 is 25.4 Å². The molecule has 1 spiro atoms. The summed E-state index contributed by atoms with van der Waals surface area (Å²) >= 11 is 0. The van der Waals surface area contributed by atoms with Crippen LogP contribution in [0.3, 0.4) is 0 Å². The Kier molecular flexibility index (Phi) is 8.67. The lowest BCUT2D eigenvalue weighted by Gasteiger charge is -2.47. The predicted octanol–water partition coefficient (Wildman–Crippen LogP) is 4.66. The first-order chi connectivity index (χ1) is 24.7. The predicted molar refractivity (Wildman–Crippen MR) is 190 cm³/mol. The number of carbonyl (C=O) groups excluding carboxylic acids is 2. The summed E-state index contributed by atoms with van der Waals surface area (Å²) in [5.41, 5.74) is 7.30. The zero-order valence-electron chi connectivity index (χ0n) is 29.1. The minimum Gasteiger partial charge on any atom is -0.481 e. The van der Waals surface area contributed by atoms with E-state index in [0.717, 1.165) is 66.7 Å². The normalized spacial score (nSPS) is 20.6. The van der Waals surface area contributed by atoms with E-state index in [-0.39, 0.29) is 29.4 Å². The Hall–Kier alpha value is -4.94. The van der Waals surface area contributed by atoms with Crippen LogP contribution < -0.4 is 25.4 Å². The van der Waals surface area contributed by atoms with Crippen molar-refractivity contribution in [3.63, 3.8) is 0 Å². The molecule has 2 aromatic heterocycles. The number of halogens is 1. The average Bonchev–Trinajstić information content (AvgIpc) is 3.85. The van der Waals surface area contributed by atoms with Crippen LogP contribution in [-0.2, 0) is 22.6 Å². The van der Waals surface area contributed by atoms with Gasteiger partial charge in [-0.1, -0.05) is 30.3 Å². The Morgan fingerprint density at radius 1 is 0.922 bits per heavy atom. The fourth-order valence-electron chi connectivity index (χ4n) is 8.30. The molecule has 264 valence electrons. The highest BCUT2D eigenvalue weighted by atomic mass is 19.1. The number of aryl methyl sites for hydroxylation is 1. The van der Waals surface area contributed by atoms with Gasteiger partial charge in [0.15, 0.2) is 0 Å².